The molecule has 0 aliphatic heterocycles. The SMILES string of the molecule is COc1ccc(C(CCCN)N(C=O)Cc2c(C)cccc2Br)cc1OC. The molecule has 0 aromatic heterocycles. The van der Waals surface area contributed by atoms with E-state index >= 15 is 0 Å². The molecule has 0 heterocycles. The first kappa shape index (κ1) is 21.3. The lowest BCUT2D eigenvalue weighted by Gasteiger charge is -2.30. The Kier molecular flexibility index (Phi) is 8.13. The monoisotopic (exact) mass is 434 g/mol. The van der Waals surface area contributed by atoms with Crippen molar-refractivity contribution in [3.63, 3.8) is 0 Å². The molecule has 0 bridgehead atoms. The molecule has 0 fully saturated rings. The summed E-state index contributed by atoms with van der Waals surface area (Å²) in [5, 5.41) is 0. The number of benzene rings is 2. The fourth-order valence-corrected chi connectivity index (χ4v) is 3.76. The molecule has 0 aliphatic carbocycles. The molecule has 6 heteroatoms. The molecular weight excluding hydrogens is 408 g/mol. The van der Waals surface area contributed by atoms with Crippen LogP contribution in [0.25, 0.3) is 0 Å². The summed E-state index contributed by atoms with van der Waals surface area (Å²) >= 11 is 3.61. The van der Waals surface area contributed by atoms with Crippen LogP contribution in [0, 0.1) is 6.92 Å². The first-order valence-corrected chi connectivity index (χ1v) is 9.72. The van der Waals surface area contributed by atoms with E-state index in [1.165, 1.54) is 0 Å². The van der Waals surface area contributed by atoms with Crippen molar-refractivity contribution in [3.05, 3.63) is 57.6 Å². The maximum Gasteiger partial charge on any atom is 0.210 e. The number of hydrogen-bond donors (Lipinski definition) is 1. The Hall–Kier alpha value is -2.05. The number of rotatable bonds is 10. The quantitative estimate of drug-likeness (QED) is 0.568. The normalized spacial score (nSPS) is 11.7. The average molecular weight is 435 g/mol. The molecular formula is C21H27BrN2O3. The highest BCUT2D eigenvalue weighted by Gasteiger charge is 2.22. The maximum atomic E-state index is 12.0. The first-order valence-electron chi connectivity index (χ1n) is 8.92. The lowest BCUT2D eigenvalue weighted by Crippen LogP contribution is -2.28. The zero-order valence-corrected chi connectivity index (χ0v) is 17.7. The highest BCUT2D eigenvalue weighted by molar-refractivity contribution is 9.10. The zero-order valence-electron chi connectivity index (χ0n) is 16.1. The molecule has 27 heavy (non-hydrogen) atoms. The van der Waals surface area contributed by atoms with Gasteiger partial charge in [-0.3, -0.25) is 4.79 Å². The minimum atomic E-state index is -0.0997. The molecule has 2 aromatic carbocycles. The minimum Gasteiger partial charge on any atom is -0.493 e. The van der Waals surface area contributed by atoms with Crippen molar-refractivity contribution in [2.45, 2.75) is 32.4 Å². The van der Waals surface area contributed by atoms with Gasteiger partial charge in [-0.1, -0.05) is 34.1 Å². The lowest BCUT2D eigenvalue weighted by molar-refractivity contribution is -0.121. The highest BCUT2D eigenvalue weighted by Crippen LogP contribution is 2.35. The van der Waals surface area contributed by atoms with E-state index in [4.69, 9.17) is 15.2 Å². The second-order valence-corrected chi connectivity index (χ2v) is 7.23. The van der Waals surface area contributed by atoms with Gasteiger partial charge in [0.05, 0.1) is 20.3 Å². The van der Waals surface area contributed by atoms with Crippen LogP contribution in [-0.2, 0) is 11.3 Å². The van der Waals surface area contributed by atoms with E-state index in [-0.39, 0.29) is 6.04 Å². The Morgan fingerprint density at radius 3 is 2.52 bits per heavy atom. The number of aryl methyl sites for hydroxylation is 1. The van der Waals surface area contributed by atoms with Gasteiger partial charge in [-0.25, -0.2) is 0 Å². The van der Waals surface area contributed by atoms with Gasteiger partial charge >= 0.3 is 0 Å². The molecule has 1 unspecified atom stereocenters. The van der Waals surface area contributed by atoms with Crippen LogP contribution in [-0.4, -0.2) is 32.1 Å². The maximum absolute atomic E-state index is 12.0. The third-order valence-electron chi connectivity index (χ3n) is 4.70. The van der Waals surface area contributed by atoms with Crippen molar-refractivity contribution < 1.29 is 14.3 Å². The van der Waals surface area contributed by atoms with Crippen molar-refractivity contribution in [1.82, 2.24) is 4.90 Å². The number of methoxy groups -OCH3 is 2. The number of carbonyl (C=O) groups is 1. The van der Waals surface area contributed by atoms with Crippen molar-refractivity contribution in [2.24, 2.45) is 5.73 Å². The Labute approximate surface area is 169 Å². The van der Waals surface area contributed by atoms with Crippen molar-refractivity contribution in [3.8, 4) is 11.5 Å². The number of nitrogens with two attached hydrogens (primary N) is 1. The summed E-state index contributed by atoms with van der Waals surface area (Å²) in [6.07, 6.45) is 2.50. The van der Waals surface area contributed by atoms with Gasteiger partial charge in [0.1, 0.15) is 0 Å². The summed E-state index contributed by atoms with van der Waals surface area (Å²) in [5.74, 6) is 1.31. The molecule has 0 spiro atoms. The van der Waals surface area contributed by atoms with Gasteiger partial charge in [-0.15, -0.1) is 0 Å². The van der Waals surface area contributed by atoms with Crippen molar-refractivity contribution >= 4 is 22.3 Å². The summed E-state index contributed by atoms with van der Waals surface area (Å²) in [4.78, 5) is 13.8. The van der Waals surface area contributed by atoms with Gasteiger partial charge in [0, 0.05) is 11.0 Å². The van der Waals surface area contributed by atoms with Crippen LogP contribution in [0.2, 0.25) is 0 Å². The third kappa shape index (κ3) is 5.23. The summed E-state index contributed by atoms with van der Waals surface area (Å²) in [7, 11) is 3.22. The van der Waals surface area contributed by atoms with E-state index in [0.717, 1.165) is 40.4 Å². The summed E-state index contributed by atoms with van der Waals surface area (Å²) in [5.41, 5.74) is 8.98. The Morgan fingerprint density at radius 1 is 1.19 bits per heavy atom. The standard InChI is InChI=1S/C21H27BrN2O3/c1-15-6-4-7-18(22)17(15)13-24(14-25)19(8-5-11-23)16-9-10-20(26-2)21(12-16)27-3/h4,6-7,9-10,12,14,19H,5,8,11,13,23H2,1-3H3. The van der Waals surface area contributed by atoms with E-state index in [0.29, 0.717) is 24.6 Å². The predicted octanol–water partition coefficient (Wildman–Crippen LogP) is 4.21. The van der Waals surface area contributed by atoms with Crippen molar-refractivity contribution in [1.29, 1.82) is 0 Å². The minimum absolute atomic E-state index is 0.0997. The van der Waals surface area contributed by atoms with Crippen LogP contribution >= 0.6 is 15.9 Å². The van der Waals surface area contributed by atoms with E-state index in [1.807, 2.05) is 48.2 Å². The van der Waals surface area contributed by atoms with E-state index in [1.54, 1.807) is 14.2 Å². The summed E-state index contributed by atoms with van der Waals surface area (Å²) < 4.78 is 11.8. The van der Waals surface area contributed by atoms with E-state index in [2.05, 4.69) is 15.9 Å². The number of amides is 1. The van der Waals surface area contributed by atoms with Gasteiger partial charge in [0.25, 0.3) is 0 Å². The molecule has 1 amide bonds. The molecule has 0 saturated heterocycles. The molecule has 0 saturated carbocycles. The number of carbonyl (C=O) groups excluding carboxylic acids is 1. The van der Waals surface area contributed by atoms with Crippen LogP contribution in [0.5, 0.6) is 11.5 Å². The zero-order chi connectivity index (χ0) is 19.8. The largest absolute Gasteiger partial charge is 0.493 e. The van der Waals surface area contributed by atoms with Gasteiger partial charge in [0.2, 0.25) is 6.41 Å². The van der Waals surface area contributed by atoms with Crippen LogP contribution < -0.4 is 15.2 Å². The molecule has 146 valence electrons. The van der Waals surface area contributed by atoms with E-state index in [9.17, 15) is 4.79 Å². The molecule has 2 rings (SSSR count). The number of hydrogen-bond acceptors (Lipinski definition) is 4. The smallest absolute Gasteiger partial charge is 0.210 e. The number of ether oxygens (including phenoxy) is 2. The average Bonchev–Trinajstić information content (AvgIpc) is 2.69. The molecule has 2 aromatic rings. The molecule has 2 N–H and O–H groups in total. The van der Waals surface area contributed by atoms with Gasteiger partial charge in [-0.2, -0.15) is 0 Å². The van der Waals surface area contributed by atoms with E-state index < -0.39 is 0 Å². The predicted molar refractivity (Wildman–Crippen MR) is 111 cm³/mol. The number of halogens is 1. The molecule has 5 nitrogen and oxygen atoms in total. The lowest BCUT2D eigenvalue weighted by atomic mass is 9.98. The fourth-order valence-electron chi connectivity index (χ4n) is 3.17. The van der Waals surface area contributed by atoms with Gasteiger partial charge in [0.15, 0.2) is 11.5 Å². The molecule has 0 aliphatic rings. The van der Waals surface area contributed by atoms with Crippen LogP contribution in [0.3, 0.4) is 0 Å². The van der Waals surface area contributed by atoms with Crippen molar-refractivity contribution in [2.75, 3.05) is 20.8 Å². The van der Waals surface area contributed by atoms with Crippen LogP contribution in [0.15, 0.2) is 40.9 Å². The topological polar surface area (TPSA) is 64.8 Å². The molecule has 0 radical (unpaired) electrons. The Morgan fingerprint density at radius 2 is 1.93 bits per heavy atom. The fraction of sp³-hybridized carbons (Fsp3) is 0.381. The Balaban J connectivity index is 2.39. The highest BCUT2D eigenvalue weighted by atomic mass is 79.9. The van der Waals surface area contributed by atoms with Crippen LogP contribution in [0.1, 0.15) is 35.6 Å². The number of nitrogens with zero attached hydrogens (tertiary/aromatic N) is 1. The first-order chi connectivity index (χ1) is 13.0. The Bertz CT molecular complexity index is 747. The molecule has 1 atom stereocenters. The summed E-state index contributed by atoms with van der Waals surface area (Å²) in [6, 6.07) is 11.7. The third-order valence-corrected chi connectivity index (χ3v) is 5.45. The van der Waals surface area contributed by atoms with Gasteiger partial charge in [-0.05, 0) is 61.2 Å². The second-order valence-electron chi connectivity index (χ2n) is 6.37. The van der Waals surface area contributed by atoms with Crippen LogP contribution in [0.4, 0.5) is 0 Å². The summed E-state index contributed by atoms with van der Waals surface area (Å²) in [6.45, 7) is 3.14. The van der Waals surface area contributed by atoms with Gasteiger partial charge < -0.3 is 20.1 Å². The second kappa shape index (κ2) is 10.3.